The van der Waals surface area contributed by atoms with Crippen molar-refractivity contribution in [2.45, 2.75) is 36.1 Å². The Hall–Kier alpha value is -2.72. The average molecular weight is 485 g/mol. The SMILES string of the molecule is COc1ccc2[nH]c(=O)c3sccc3c2c1-c1ccc(S(=O)(=O)NC2(CO)CCCC2)cc1. The lowest BCUT2D eigenvalue weighted by Gasteiger charge is -2.27. The highest BCUT2D eigenvalue weighted by atomic mass is 32.2. The second-order valence-corrected chi connectivity index (χ2v) is 11.1. The summed E-state index contributed by atoms with van der Waals surface area (Å²) in [5.74, 6) is 0.626. The molecule has 4 aromatic rings. The van der Waals surface area contributed by atoms with Crippen LogP contribution in [0.4, 0.5) is 0 Å². The average Bonchev–Trinajstić information content (AvgIpc) is 3.49. The fourth-order valence-corrected chi connectivity index (χ4v) is 7.02. The quantitative estimate of drug-likeness (QED) is 0.383. The molecule has 0 atom stereocenters. The van der Waals surface area contributed by atoms with Crippen molar-refractivity contribution in [2.75, 3.05) is 13.7 Å². The number of nitrogens with one attached hydrogen (secondary N) is 2. The van der Waals surface area contributed by atoms with Crippen LogP contribution in [0.15, 0.2) is 57.5 Å². The second-order valence-electron chi connectivity index (χ2n) is 8.46. The van der Waals surface area contributed by atoms with Crippen LogP contribution in [-0.4, -0.2) is 37.8 Å². The molecule has 1 fully saturated rings. The van der Waals surface area contributed by atoms with Crippen molar-refractivity contribution in [1.29, 1.82) is 0 Å². The molecule has 0 saturated heterocycles. The van der Waals surface area contributed by atoms with E-state index in [1.54, 1.807) is 37.4 Å². The molecule has 2 aromatic carbocycles. The van der Waals surface area contributed by atoms with E-state index in [1.807, 2.05) is 17.5 Å². The number of hydrogen-bond donors (Lipinski definition) is 3. The van der Waals surface area contributed by atoms with Crippen LogP contribution in [0.1, 0.15) is 25.7 Å². The third-order valence-electron chi connectivity index (χ3n) is 6.44. The number of thiophene rings is 1. The lowest BCUT2D eigenvalue weighted by Crippen LogP contribution is -2.49. The maximum Gasteiger partial charge on any atom is 0.266 e. The van der Waals surface area contributed by atoms with Gasteiger partial charge >= 0.3 is 0 Å². The van der Waals surface area contributed by atoms with Gasteiger partial charge in [0.1, 0.15) is 10.4 Å². The van der Waals surface area contributed by atoms with Crippen molar-refractivity contribution < 1.29 is 18.3 Å². The Morgan fingerprint density at radius 1 is 1.12 bits per heavy atom. The van der Waals surface area contributed by atoms with E-state index in [0.717, 1.165) is 34.7 Å². The van der Waals surface area contributed by atoms with Crippen molar-refractivity contribution in [3.63, 3.8) is 0 Å². The highest BCUT2D eigenvalue weighted by Crippen LogP contribution is 2.40. The predicted molar refractivity (Wildman–Crippen MR) is 131 cm³/mol. The van der Waals surface area contributed by atoms with E-state index in [4.69, 9.17) is 4.74 Å². The molecule has 2 heterocycles. The molecule has 172 valence electrons. The van der Waals surface area contributed by atoms with Gasteiger partial charge in [-0.25, -0.2) is 13.1 Å². The first kappa shape index (κ1) is 22.1. The Morgan fingerprint density at radius 2 is 1.85 bits per heavy atom. The standard InChI is InChI=1S/C24H24N2O5S2/c1-31-19-9-8-18-21(17-10-13-32-22(17)23(28)25-18)20(19)15-4-6-16(7-5-15)33(29,30)26-24(14-27)11-2-3-12-24/h4-10,13,26-27H,2-3,11-12,14H2,1H3,(H,25,28). The summed E-state index contributed by atoms with van der Waals surface area (Å²) < 4.78 is 35.0. The zero-order valence-corrected chi connectivity index (χ0v) is 19.7. The summed E-state index contributed by atoms with van der Waals surface area (Å²) in [7, 11) is -2.21. The summed E-state index contributed by atoms with van der Waals surface area (Å²) in [5, 5.41) is 13.4. The molecular formula is C24H24N2O5S2. The molecule has 0 amide bonds. The minimum absolute atomic E-state index is 0.138. The van der Waals surface area contributed by atoms with Crippen molar-refractivity contribution in [1.82, 2.24) is 9.71 Å². The van der Waals surface area contributed by atoms with Gasteiger partial charge < -0.3 is 14.8 Å². The minimum Gasteiger partial charge on any atom is -0.496 e. The van der Waals surface area contributed by atoms with Gasteiger partial charge in [0, 0.05) is 21.9 Å². The molecule has 0 bridgehead atoms. The number of ether oxygens (including phenoxy) is 1. The highest BCUT2D eigenvalue weighted by Gasteiger charge is 2.37. The molecule has 7 nitrogen and oxygen atoms in total. The number of aliphatic hydroxyl groups is 1. The highest BCUT2D eigenvalue weighted by molar-refractivity contribution is 7.89. The summed E-state index contributed by atoms with van der Waals surface area (Å²) in [6.07, 6.45) is 3.04. The van der Waals surface area contributed by atoms with Crippen LogP contribution in [-0.2, 0) is 10.0 Å². The molecular weight excluding hydrogens is 460 g/mol. The maximum absolute atomic E-state index is 13.0. The Balaban J connectivity index is 1.62. The Labute approximate surface area is 195 Å². The lowest BCUT2D eigenvalue weighted by atomic mass is 9.97. The number of aromatic amines is 1. The molecule has 9 heteroatoms. The normalized spacial score (nSPS) is 15.9. The molecule has 2 aromatic heterocycles. The van der Waals surface area contributed by atoms with Crippen LogP contribution < -0.4 is 15.0 Å². The second kappa shape index (κ2) is 8.25. The van der Waals surface area contributed by atoms with Crippen LogP contribution in [0.2, 0.25) is 0 Å². The molecule has 1 aliphatic carbocycles. The van der Waals surface area contributed by atoms with E-state index in [2.05, 4.69) is 9.71 Å². The molecule has 0 unspecified atom stereocenters. The summed E-state index contributed by atoms with van der Waals surface area (Å²) >= 11 is 1.38. The van der Waals surface area contributed by atoms with Gasteiger partial charge in [-0.05, 0) is 54.1 Å². The third kappa shape index (κ3) is 3.74. The lowest BCUT2D eigenvalue weighted by molar-refractivity contribution is 0.185. The third-order valence-corrected chi connectivity index (χ3v) is 8.95. The first-order valence-corrected chi connectivity index (χ1v) is 13.1. The number of aliphatic hydroxyl groups excluding tert-OH is 1. The van der Waals surface area contributed by atoms with Crippen LogP contribution in [0.25, 0.3) is 32.1 Å². The monoisotopic (exact) mass is 484 g/mol. The molecule has 0 radical (unpaired) electrons. The number of sulfonamides is 1. The smallest absolute Gasteiger partial charge is 0.266 e. The topological polar surface area (TPSA) is 108 Å². The minimum atomic E-state index is -3.79. The summed E-state index contributed by atoms with van der Waals surface area (Å²) in [4.78, 5) is 15.5. The number of hydrogen-bond acceptors (Lipinski definition) is 6. The fourth-order valence-electron chi connectivity index (χ4n) is 4.77. The summed E-state index contributed by atoms with van der Waals surface area (Å²) in [5.41, 5.74) is 1.32. The molecule has 0 spiro atoms. The van der Waals surface area contributed by atoms with Crippen LogP contribution in [0.3, 0.4) is 0 Å². The first-order chi connectivity index (χ1) is 15.9. The first-order valence-electron chi connectivity index (χ1n) is 10.7. The number of aromatic nitrogens is 1. The van der Waals surface area contributed by atoms with Crippen molar-refractivity contribution in [3.8, 4) is 16.9 Å². The number of benzene rings is 2. The van der Waals surface area contributed by atoms with Gasteiger partial charge in [0.25, 0.3) is 5.56 Å². The molecule has 3 N–H and O–H groups in total. The zero-order chi connectivity index (χ0) is 23.2. The number of H-pyrrole nitrogens is 1. The van der Waals surface area contributed by atoms with E-state index in [-0.39, 0.29) is 17.1 Å². The van der Waals surface area contributed by atoms with Gasteiger partial charge in [0.15, 0.2) is 0 Å². The van der Waals surface area contributed by atoms with Gasteiger partial charge in [-0.3, -0.25) is 4.79 Å². The van der Waals surface area contributed by atoms with Crippen LogP contribution in [0, 0.1) is 0 Å². The van der Waals surface area contributed by atoms with E-state index >= 15 is 0 Å². The zero-order valence-electron chi connectivity index (χ0n) is 18.1. The van der Waals surface area contributed by atoms with E-state index in [1.165, 1.54) is 11.3 Å². The number of pyridine rings is 1. The Morgan fingerprint density at radius 3 is 2.52 bits per heavy atom. The summed E-state index contributed by atoms with van der Waals surface area (Å²) in [6.45, 7) is -0.216. The predicted octanol–water partition coefficient (Wildman–Crippen LogP) is 4.00. The largest absolute Gasteiger partial charge is 0.496 e. The fraction of sp³-hybridized carbons (Fsp3) is 0.292. The van der Waals surface area contributed by atoms with E-state index < -0.39 is 15.6 Å². The van der Waals surface area contributed by atoms with Crippen LogP contribution >= 0.6 is 11.3 Å². The van der Waals surface area contributed by atoms with Crippen LogP contribution in [0.5, 0.6) is 5.75 Å². The van der Waals surface area contributed by atoms with Crippen molar-refractivity contribution in [3.05, 3.63) is 58.2 Å². The number of rotatable bonds is 6. The van der Waals surface area contributed by atoms with Gasteiger partial charge in [0.2, 0.25) is 10.0 Å². The van der Waals surface area contributed by atoms with Crippen molar-refractivity contribution >= 4 is 42.3 Å². The number of methoxy groups -OCH3 is 1. The van der Waals surface area contributed by atoms with Gasteiger partial charge in [0.05, 0.1) is 24.2 Å². The van der Waals surface area contributed by atoms with E-state index in [0.29, 0.717) is 28.8 Å². The molecule has 5 rings (SSSR count). The van der Waals surface area contributed by atoms with E-state index in [9.17, 15) is 18.3 Å². The molecule has 33 heavy (non-hydrogen) atoms. The Bertz CT molecular complexity index is 1500. The van der Waals surface area contributed by atoms with Crippen molar-refractivity contribution in [2.24, 2.45) is 0 Å². The molecule has 1 saturated carbocycles. The van der Waals surface area contributed by atoms with Gasteiger partial charge in [-0.1, -0.05) is 25.0 Å². The van der Waals surface area contributed by atoms with Gasteiger partial charge in [-0.15, -0.1) is 11.3 Å². The number of fused-ring (bicyclic) bond motifs is 3. The van der Waals surface area contributed by atoms with Gasteiger partial charge in [-0.2, -0.15) is 0 Å². The summed E-state index contributed by atoms with van der Waals surface area (Å²) in [6, 6.07) is 12.1. The maximum atomic E-state index is 13.0. The molecule has 1 aliphatic rings. The molecule has 0 aliphatic heterocycles. The Kier molecular flexibility index (Phi) is 5.52.